The largest absolute Gasteiger partial charge is 0.497 e. The fraction of sp³-hybridized carbons (Fsp3) is 0.207. The van der Waals surface area contributed by atoms with Gasteiger partial charge in [-0.15, -0.1) is 0 Å². The van der Waals surface area contributed by atoms with E-state index in [9.17, 15) is 9.59 Å². The SMILES string of the molecule is COc1ccc(N=C2SC(=Cc3ccccc3OCc3ccc(C(=O)O)cc3)C(=O)N2CC(C)C)cc1. The molecule has 1 aliphatic heterocycles. The van der Waals surface area contributed by atoms with E-state index in [0.29, 0.717) is 22.4 Å². The number of carboxylic acids is 1. The van der Waals surface area contributed by atoms with Gasteiger partial charge in [-0.25, -0.2) is 9.79 Å². The Morgan fingerprint density at radius 1 is 1.05 bits per heavy atom. The Balaban J connectivity index is 1.57. The Kier molecular flexibility index (Phi) is 8.30. The van der Waals surface area contributed by atoms with Crippen LogP contribution < -0.4 is 9.47 Å². The lowest BCUT2D eigenvalue weighted by Gasteiger charge is -2.17. The fourth-order valence-corrected chi connectivity index (χ4v) is 4.66. The summed E-state index contributed by atoms with van der Waals surface area (Å²) in [5.74, 6) is 0.581. The summed E-state index contributed by atoms with van der Waals surface area (Å²) in [7, 11) is 1.62. The Morgan fingerprint density at radius 3 is 2.41 bits per heavy atom. The van der Waals surface area contributed by atoms with Crippen molar-refractivity contribution in [2.45, 2.75) is 20.5 Å². The van der Waals surface area contributed by atoms with E-state index in [2.05, 4.69) is 13.8 Å². The second-order valence-electron chi connectivity index (χ2n) is 8.84. The standard InChI is InChI=1S/C29H28N2O5S/c1-19(2)17-31-27(32)26(37-29(31)30-23-12-14-24(35-3)15-13-23)16-22-6-4-5-7-25(22)36-18-20-8-10-21(11-9-20)28(33)34/h4-16,19H,17-18H2,1-3H3,(H,33,34). The minimum absolute atomic E-state index is 0.0926. The molecule has 0 saturated carbocycles. The maximum atomic E-state index is 13.4. The van der Waals surface area contributed by atoms with Gasteiger partial charge in [-0.1, -0.05) is 44.2 Å². The van der Waals surface area contributed by atoms with Crippen LogP contribution in [0, 0.1) is 5.92 Å². The number of hydrogen-bond donors (Lipinski definition) is 1. The molecule has 7 nitrogen and oxygen atoms in total. The van der Waals surface area contributed by atoms with E-state index < -0.39 is 5.97 Å². The Labute approximate surface area is 220 Å². The zero-order valence-electron chi connectivity index (χ0n) is 20.9. The number of amides is 1. The second-order valence-corrected chi connectivity index (χ2v) is 9.85. The van der Waals surface area contributed by atoms with E-state index in [1.807, 2.05) is 54.6 Å². The number of carbonyl (C=O) groups is 2. The lowest BCUT2D eigenvalue weighted by atomic mass is 10.1. The summed E-state index contributed by atoms with van der Waals surface area (Å²) in [6.45, 7) is 4.96. The molecule has 0 bridgehead atoms. The number of methoxy groups -OCH3 is 1. The molecule has 0 aliphatic carbocycles. The molecule has 0 atom stereocenters. The highest BCUT2D eigenvalue weighted by atomic mass is 32.2. The summed E-state index contributed by atoms with van der Waals surface area (Å²) in [5, 5.41) is 9.71. The van der Waals surface area contributed by atoms with E-state index in [0.717, 1.165) is 22.6 Å². The van der Waals surface area contributed by atoms with E-state index in [4.69, 9.17) is 19.6 Å². The molecule has 1 heterocycles. The molecule has 1 fully saturated rings. The Bertz CT molecular complexity index is 1330. The average molecular weight is 517 g/mol. The molecule has 3 aromatic rings. The molecule has 0 radical (unpaired) electrons. The predicted octanol–water partition coefficient (Wildman–Crippen LogP) is 6.23. The van der Waals surface area contributed by atoms with Crippen LogP contribution in [0.15, 0.2) is 82.7 Å². The Hall–Kier alpha value is -4.04. The van der Waals surface area contributed by atoms with Gasteiger partial charge in [0.25, 0.3) is 5.91 Å². The first-order valence-corrected chi connectivity index (χ1v) is 12.6. The lowest BCUT2D eigenvalue weighted by Crippen LogP contribution is -2.32. The van der Waals surface area contributed by atoms with Crippen LogP contribution >= 0.6 is 11.8 Å². The molecule has 8 heteroatoms. The maximum absolute atomic E-state index is 13.4. The van der Waals surface area contributed by atoms with Crippen molar-refractivity contribution in [3.8, 4) is 11.5 Å². The van der Waals surface area contributed by atoms with Gasteiger partial charge in [-0.3, -0.25) is 9.69 Å². The Morgan fingerprint density at radius 2 is 1.76 bits per heavy atom. The molecule has 1 N–H and O–H groups in total. The first kappa shape index (κ1) is 26.0. The van der Waals surface area contributed by atoms with Gasteiger partial charge in [0.1, 0.15) is 18.1 Å². The number of nitrogens with zero attached hydrogens (tertiary/aromatic N) is 2. The van der Waals surface area contributed by atoms with Crippen LogP contribution in [0.4, 0.5) is 5.69 Å². The molecule has 1 aliphatic rings. The summed E-state index contributed by atoms with van der Waals surface area (Å²) in [6, 6.07) is 21.5. The predicted molar refractivity (Wildman–Crippen MR) is 146 cm³/mol. The molecule has 1 amide bonds. The van der Waals surface area contributed by atoms with Crippen LogP contribution in [-0.4, -0.2) is 40.7 Å². The topological polar surface area (TPSA) is 88.4 Å². The number of para-hydroxylation sites is 1. The van der Waals surface area contributed by atoms with E-state index in [1.165, 1.54) is 11.8 Å². The summed E-state index contributed by atoms with van der Waals surface area (Å²) in [4.78, 5) is 31.5. The lowest BCUT2D eigenvalue weighted by molar-refractivity contribution is -0.122. The van der Waals surface area contributed by atoms with Crippen molar-refractivity contribution in [2.24, 2.45) is 10.9 Å². The van der Waals surface area contributed by atoms with Crippen molar-refractivity contribution in [2.75, 3.05) is 13.7 Å². The number of carbonyl (C=O) groups excluding carboxylic acids is 1. The van der Waals surface area contributed by atoms with Crippen molar-refractivity contribution in [3.05, 3.63) is 94.4 Å². The molecule has 0 unspecified atom stereocenters. The summed E-state index contributed by atoms with van der Waals surface area (Å²) < 4.78 is 11.3. The number of benzene rings is 3. The summed E-state index contributed by atoms with van der Waals surface area (Å²) >= 11 is 1.34. The van der Waals surface area contributed by atoms with Gasteiger partial charge in [0.05, 0.1) is 23.3 Å². The number of thioether (sulfide) groups is 1. The first-order valence-electron chi connectivity index (χ1n) is 11.8. The number of amidine groups is 1. The van der Waals surface area contributed by atoms with Gasteiger partial charge >= 0.3 is 5.97 Å². The number of aromatic carboxylic acids is 1. The normalized spacial score (nSPS) is 15.6. The van der Waals surface area contributed by atoms with Crippen LogP contribution in [-0.2, 0) is 11.4 Å². The zero-order valence-corrected chi connectivity index (χ0v) is 21.7. The number of aliphatic imine (C=N–C) groups is 1. The summed E-state index contributed by atoms with van der Waals surface area (Å²) in [6.07, 6.45) is 1.83. The molecule has 0 spiro atoms. The van der Waals surface area contributed by atoms with Crippen LogP contribution in [0.1, 0.15) is 35.3 Å². The van der Waals surface area contributed by atoms with Crippen molar-refractivity contribution in [3.63, 3.8) is 0 Å². The second kappa shape index (κ2) is 11.8. The van der Waals surface area contributed by atoms with E-state index in [1.54, 1.807) is 36.3 Å². The smallest absolute Gasteiger partial charge is 0.335 e. The minimum Gasteiger partial charge on any atom is -0.497 e. The van der Waals surface area contributed by atoms with Gasteiger partial charge < -0.3 is 14.6 Å². The average Bonchev–Trinajstić information content (AvgIpc) is 3.17. The highest BCUT2D eigenvalue weighted by Gasteiger charge is 2.34. The van der Waals surface area contributed by atoms with Gasteiger partial charge in [-0.2, -0.15) is 0 Å². The quantitative estimate of drug-likeness (QED) is 0.339. The van der Waals surface area contributed by atoms with Gasteiger partial charge in [-0.05, 0) is 71.8 Å². The first-order chi connectivity index (χ1) is 17.8. The third kappa shape index (κ3) is 6.59. The third-order valence-electron chi connectivity index (χ3n) is 5.53. The molecule has 0 aromatic heterocycles. The summed E-state index contributed by atoms with van der Waals surface area (Å²) in [5.41, 5.74) is 2.58. The van der Waals surface area contributed by atoms with Gasteiger partial charge in [0.2, 0.25) is 0 Å². The van der Waals surface area contributed by atoms with Crippen molar-refractivity contribution in [1.82, 2.24) is 4.90 Å². The molecular weight excluding hydrogens is 488 g/mol. The number of carboxylic acid groups (broad SMARTS) is 1. The van der Waals surface area contributed by atoms with Crippen LogP contribution in [0.3, 0.4) is 0 Å². The minimum atomic E-state index is -0.968. The van der Waals surface area contributed by atoms with Gasteiger partial charge in [0.15, 0.2) is 5.17 Å². The number of ether oxygens (including phenoxy) is 2. The maximum Gasteiger partial charge on any atom is 0.335 e. The monoisotopic (exact) mass is 516 g/mol. The fourth-order valence-electron chi connectivity index (χ4n) is 3.66. The van der Waals surface area contributed by atoms with E-state index >= 15 is 0 Å². The highest BCUT2D eigenvalue weighted by Crippen LogP contribution is 2.36. The van der Waals surface area contributed by atoms with Crippen molar-refractivity contribution < 1.29 is 24.2 Å². The van der Waals surface area contributed by atoms with Gasteiger partial charge in [0, 0.05) is 12.1 Å². The third-order valence-corrected chi connectivity index (χ3v) is 6.54. The molecule has 4 rings (SSSR count). The van der Waals surface area contributed by atoms with Crippen molar-refractivity contribution in [1.29, 1.82) is 0 Å². The number of rotatable bonds is 9. The van der Waals surface area contributed by atoms with Crippen LogP contribution in [0.25, 0.3) is 6.08 Å². The molecule has 1 saturated heterocycles. The molecule has 3 aromatic carbocycles. The zero-order chi connectivity index (χ0) is 26.4. The van der Waals surface area contributed by atoms with Crippen molar-refractivity contribution >= 4 is 40.6 Å². The molecule has 190 valence electrons. The van der Waals surface area contributed by atoms with E-state index in [-0.39, 0.29) is 24.0 Å². The molecular formula is C29H28N2O5S. The van der Waals surface area contributed by atoms with Crippen LogP contribution in [0.2, 0.25) is 0 Å². The highest BCUT2D eigenvalue weighted by molar-refractivity contribution is 8.18. The number of hydrogen-bond acceptors (Lipinski definition) is 6. The van der Waals surface area contributed by atoms with Crippen LogP contribution in [0.5, 0.6) is 11.5 Å². The molecule has 37 heavy (non-hydrogen) atoms.